The molecule has 0 amide bonds. The lowest BCUT2D eigenvalue weighted by molar-refractivity contribution is 0.0632. The summed E-state index contributed by atoms with van der Waals surface area (Å²) in [5.74, 6) is 0. The lowest BCUT2D eigenvalue weighted by Crippen LogP contribution is -2.09. The minimum Gasteiger partial charge on any atom is -0.372 e. The monoisotopic (exact) mass is 380 g/mol. The zero-order chi connectivity index (χ0) is 14.7. The first-order valence-corrected chi connectivity index (χ1v) is 10.1. The van der Waals surface area contributed by atoms with E-state index in [0.29, 0.717) is 0 Å². The summed E-state index contributed by atoms with van der Waals surface area (Å²) in [5, 5.41) is 0.871. The van der Waals surface area contributed by atoms with E-state index in [1.807, 2.05) is 11.8 Å². The van der Waals surface area contributed by atoms with Crippen molar-refractivity contribution in [3.05, 3.63) is 53.6 Å². The van der Waals surface area contributed by atoms with Crippen LogP contribution in [-0.4, -0.2) is 18.2 Å². The number of halogens is 1. The molecule has 3 rings (SSSR count). The molecule has 2 aromatic rings. The van der Waals surface area contributed by atoms with Crippen molar-refractivity contribution in [2.24, 2.45) is 0 Å². The van der Waals surface area contributed by atoms with E-state index >= 15 is 0 Å². The molecular weight excluding hydrogens is 364 g/mol. The van der Waals surface area contributed by atoms with Gasteiger partial charge in [-0.25, -0.2) is 0 Å². The third-order valence-corrected chi connectivity index (χ3v) is 5.82. The van der Waals surface area contributed by atoms with Gasteiger partial charge in [0.25, 0.3) is 0 Å². The average molecular weight is 381 g/mol. The Balaban J connectivity index is 2.03. The molecule has 0 bridgehead atoms. The fraction of sp³-hybridized carbons (Fsp3) is 0.294. The molecule has 0 aromatic heterocycles. The van der Waals surface area contributed by atoms with E-state index in [9.17, 15) is 0 Å². The van der Waals surface area contributed by atoms with E-state index in [2.05, 4.69) is 64.7 Å². The SMILES string of the molecule is CSc1ccc2c(c1)C(OCCBr)Cc1ccccc1S2. The Morgan fingerprint density at radius 2 is 2.10 bits per heavy atom. The van der Waals surface area contributed by atoms with E-state index in [4.69, 9.17) is 4.74 Å². The van der Waals surface area contributed by atoms with Crippen LogP contribution >= 0.6 is 39.5 Å². The van der Waals surface area contributed by atoms with Gasteiger partial charge in [-0.3, -0.25) is 0 Å². The molecule has 0 N–H and O–H groups in total. The van der Waals surface area contributed by atoms with Crippen LogP contribution in [0.1, 0.15) is 17.2 Å². The standard InChI is InChI=1S/C17H17BrOS2/c1-20-13-6-7-17-14(11-13)15(19-9-8-18)10-12-4-2-3-5-16(12)21-17/h2-7,11,15H,8-10H2,1H3. The first-order chi connectivity index (χ1) is 10.3. The van der Waals surface area contributed by atoms with Gasteiger partial charge in [0.2, 0.25) is 0 Å². The molecule has 0 fully saturated rings. The summed E-state index contributed by atoms with van der Waals surface area (Å²) in [4.78, 5) is 3.96. The number of ether oxygens (including phenoxy) is 1. The number of alkyl halides is 1. The molecule has 2 aromatic carbocycles. The Morgan fingerprint density at radius 3 is 2.90 bits per heavy atom. The second-order valence-corrected chi connectivity index (χ2v) is 7.62. The number of rotatable bonds is 4. The number of hydrogen-bond acceptors (Lipinski definition) is 3. The molecule has 1 heterocycles. The lowest BCUT2D eigenvalue weighted by Gasteiger charge is -2.18. The van der Waals surface area contributed by atoms with Crippen LogP contribution in [0.4, 0.5) is 0 Å². The van der Waals surface area contributed by atoms with Crippen LogP contribution in [-0.2, 0) is 11.2 Å². The minimum absolute atomic E-state index is 0.140. The van der Waals surface area contributed by atoms with Crippen LogP contribution in [0.3, 0.4) is 0 Å². The molecule has 1 nitrogen and oxygen atoms in total. The summed E-state index contributed by atoms with van der Waals surface area (Å²) < 4.78 is 6.13. The Hall–Kier alpha value is -0.420. The van der Waals surface area contributed by atoms with Crippen molar-refractivity contribution in [3.8, 4) is 0 Å². The van der Waals surface area contributed by atoms with Crippen molar-refractivity contribution in [1.82, 2.24) is 0 Å². The highest BCUT2D eigenvalue weighted by molar-refractivity contribution is 9.09. The minimum atomic E-state index is 0.140. The predicted molar refractivity (Wildman–Crippen MR) is 95.0 cm³/mol. The van der Waals surface area contributed by atoms with Crippen molar-refractivity contribution in [3.63, 3.8) is 0 Å². The van der Waals surface area contributed by atoms with Crippen molar-refractivity contribution < 1.29 is 4.74 Å². The van der Waals surface area contributed by atoms with Gasteiger partial charge in [0.15, 0.2) is 0 Å². The quantitative estimate of drug-likeness (QED) is 0.506. The Kier molecular flexibility index (Phi) is 5.33. The highest BCUT2D eigenvalue weighted by Crippen LogP contribution is 2.43. The molecule has 110 valence electrons. The second kappa shape index (κ2) is 7.23. The number of fused-ring (bicyclic) bond motifs is 2. The molecule has 0 radical (unpaired) electrons. The van der Waals surface area contributed by atoms with Gasteiger partial charge in [-0.15, -0.1) is 11.8 Å². The highest BCUT2D eigenvalue weighted by atomic mass is 79.9. The molecular formula is C17H17BrOS2. The zero-order valence-corrected chi connectivity index (χ0v) is 15.1. The molecule has 0 aliphatic carbocycles. The molecule has 0 saturated carbocycles. The van der Waals surface area contributed by atoms with Crippen LogP contribution in [0.25, 0.3) is 0 Å². The maximum atomic E-state index is 6.13. The van der Waals surface area contributed by atoms with E-state index in [1.54, 1.807) is 11.8 Å². The van der Waals surface area contributed by atoms with Crippen molar-refractivity contribution in [2.45, 2.75) is 27.2 Å². The topological polar surface area (TPSA) is 9.23 Å². The third kappa shape index (κ3) is 3.50. The molecule has 21 heavy (non-hydrogen) atoms. The Morgan fingerprint density at radius 1 is 1.24 bits per heavy atom. The van der Waals surface area contributed by atoms with Gasteiger partial charge in [0, 0.05) is 26.4 Å². The van der Waals surface area contributed by atoms with Crippen LogP contribution < -0.4 is 0 Å². The largest absolute Gasteiger partial charge is 0.372 e. The Labute approximate surface area is 143 Å². The Bertz CT molecular complexity index is 630. The van der Waals surface area contributed by atoms with Gasteiger partial charge in [-0.05, 0) is 41.6 Å². The molecule has 1 unspecified atom stereocenters. The van der Waals surface area contributed by atoms with Crippen LogP contribution in [0.2, 0.25) is 0 Å². The van der Waals surface area contributed by atoms with E-state index in [-0.39, 0.29) is 6.10 Å². The molecule has 1 aliphatic heterocycles. The average Bonchev–Trinajstić information content (AvgIpc) is 2.68. The summed E-state index contributed by atoms with van der Waals surface area (Å²) >= 11 is 7.10. The van der Waals surface area contributed by atoms with Crippen LogP contribution in [0.15, 0.2) is 57.2 Å². The molecule has 0 spiro atoms. The van der Waals surface area contributed by atoms with E-state index < -0.39 is 0 Å². The fourth-order valence-corrected chi connectivity index (χ4v) is 4.28. The zero-order valence-electron chi connectivity index (χ0n) is 11.8. The number of thioether (sulfide) groups is 1. The predicted octanol–water partition coefficient (Wildman–Crippen LogP) is 5.57. The molecule has 1 atom stereocenters. The smallest absolute Gasteiger partial charge is 0.0877 e. The number of hydrogen-bond donors (Lipinski definition) is 0. The summed E-state index contributed by atoms with van der Waals surface area (Å²) in [6, 6.07) is 15.4. The normalized spacial score (nSPS) is 17.0. The second-order valence-electron chi connectivity index (χ2n) is 4.87. The van der Waals surface area contributed by atoms with Gasteiger partial charge in [-0.2, -0.15) is 0 Å². The van der Waals surface area contributed by atoms with Crippen LogP contribution in [0.5, 0.6) is 0 Å². The molecule has 0 saturated heterocycles. The molecule has 4 heteroatoms. The number of benzene rings is 2. The van der Waals surface area contributed by atoms with E-state index in [1.165, 1.54) is 25.8 Å². The van der Waals surface area contributed by atoms with Gasteiger partial charge in [-0.1, -0.05) is 45.9 Å². The van der Waals surface area contributed by atoms with Gasteiger partial charge < -0.3 is 4.74 Å². The van der Waals surface area contributed by atoms with Gasteiger partial charge in [0.1, 0.15) is 0 Å². The van der Waals surface area contributed by atoms with Crippen molar-refractivity contribution in [2.75, 3.05) is 18.2 Å². The fourth-order valence-electron chi connectivity index (χ4n) is 2.53. The summed E-state index contributed by atoms with van der Waals surface area (Å²) in [6.45, 7) is 0.737. The van der Waals surface area contributed by atoms with E-state index in [0.717, 1.165) is 18.4 Å². The lowest BCUT2D eigenvalue weighted by atomic mass is 10.0. The maximum Gasteiger partial charge on any atom is 0.0877 e. The highest BCUT2D eigenvalue weighted by Gasteiger charge is 2.23. The van der Waals surface area contributed by atoms with Crippen molar-refractivity contribution >= 4 is 39.5 Å². The third-order valence-electron chi connectivity index (χ3n) is 3.56. The summed E-state index contributed by atoms with van der Waals surface area (Å²) in [5.41, 5.74) is 2.70. The van der Waals surface area contributed by atoms with Crippen LogP contribution in [0, 0.1) is 0 Å². The summed E-state index contributed by atoms with van der Waals surface area (Å²) in [7, 11) is 0. The molecule has 1 aliphatic rings. The first kappa shape index (κ1) is 15.5. The van der Waals surface area contributed by atoms with Crippen molar-refractivity contribution in [1.29, 1.82) is 0 Å². The van der Waals surface area contributed by atoms with Gasteiger partial charge >= 0.3 is 0 Å². The van der Waals surface area contributed by atoms with Gasteiger partial charge in [0.05, 0.1) is 12.7 Å². The summed E-state index contributed by atoms with van der Waals surface area (Å²) in [6.07, 6.45) is 3.20. The first-order valence-electron chi connectivity index (χ1n) is 6.93. The maximum absolute atomic E-state index is 6.13.